The van der Waals surface area contributed by atoms with E-state index in [2.05, 4.69) is 21.1 Å². The van der Waals surface area contributed by atoms with E-state index in [1.807, 2.05) is 0 Å². The molecular weight excluding hydrogens is 416 g/mol. The van der Waals surface area contributed by atoms with Crippen LogP contribution in [-0.2, 0) is 9.59 Å². The van der Waals surface area contributed by atoms with Crippen molar-refractivity contribution >= 4 is 24.2 Å². The van der Waals surface area contributed by atoms with Crippen LogP contribution in [0.3, 0.4) is 0 Å². The van der Waals surface area contributed by atoms with Crippen LogP contribution in [-0.4, -0.2) is 52.7 Å². The quantitative estimate of drug-likeness (QED) is 0.406. The monoisotopic (exact) mass is 442 g/mol. The van der Waals surface area contributed by atoms with Gasteiger partial charge in [-0.15, -0.1) is 0 Å². The molecule has 2 aromatic rings. The number of benzene rings is 2. The molecule has 10 heteroatoms. The van der Waals surface area contributed by atoms with Crippen LogP contribution in [0.1, 0.15) is 24.0 Å². The highest BCUT2D eigenvalue weighted by atomic mass is 16.5. The standard InChI is InChI=1S/C22H26N4O6/c1-29-17-7-5-15(11-19(17)31-3)13-23-25-21(27)9-10-22(28)26-24-14-16-6-8-18(30-2)20(12-16)32-4/h5-8,11-14H,9-10H2,1-4H3,(H,25,27)(H,26,28). The number of carbonyl (C=O) groups is 2. The van der Waals surface area contributed by atoms with Gasteiger partial charge in [0, 0.05) is 12.8 Å². The Bertz CT molecular complexity index is 911. The maximum absolute atomic E-state index is 11.9. The van der Waals surface area contributed by atoms with E-state index in [0.29, 0.717) is 34.1 Å². The molecule has 0 aliphatic rings. The molecule has 0 aliphatic heterocycles. The summed E-state index contributed by atoms with van der Waals surface area (Å²) in [5.41, 5.74) is 6.17. The van der Waals surface area contributed by atoms with Gasteiger partial charge in [0.2, 0.25) is 11.8 Å². The average molecular weight is 442 g/mol. The maximum Gasteiger partial charge on any atom is 0.240 e. The molecule has 2 N–H and O–H groups in total. The Balaban J connectivity index is 1.76. The lowest BCUT2D eigenvalue weighted by Gasteiger charge is -2.07. The van der Waals surface area contributed by atoms with Crippen molar-refractivity contribution in [1.82, 2.24) is 10.9 Å². The number of hydrogen-bond donors (Lipinski definition) is 2. The largest absolute Gasteiger partial charge is 0.493 e. The number of ether oxygens (including phenoxy) is 4. The first-order valence-electron chi connectivity index (χ1n) is 9.58. The summed E-state index contributed by atoms with van der Waals surface area (Å²) in [6.45, 7) is 0. The van der Waals surface area contributed by atoms with Crippen molar-refractivity contribution in [2.45, 2.75) is 12.8 Å². The maximum atomic E-state index is 11.9. The van der Waals surface area contributed by atoms with E-state index >= 15 is 0 Å². The molecule has 2 rings (SSSR count). The molecule has 2 amide bonds. The van der Waals surface area contributed by atoms with Crippen molar-refractivity contribution in [2.75, 3.05) is 28.4 Å². The predicted molar refractivity (Wildman–Crippen MR) is 120 cm³/mol. The molecule has 0 saturated carbocycles. The smallest absolute Gasteiger partial charge is 0.240 e. The van der Waals surface area contributed by atoms with Gasteiger partial charge in [-0.25, -0.2) is 10.9 Å². The van der Waals surface area contributed by atoms with Crippen molar-refractivity contribution in [2.24, 2.45) is 10.2 Å². The van der Waals surface area contributed by atoms with Gasteiger partial charge in [-0.05, 0) is 47.5 Å². The fourth-order valence-corrected chi connectivity index (χ4v) is 2.56. The third-order valence-electron chi connectivity index (χ3n) is 4.20. The van der Waals surface area contributed by atoms with Crippen molar-refractivity contribution < 1.29 is 28.5 Å². The second-order valence-corrected chi connectivity index (χ2v) is 6.32. The van der Waals surface area contributed by atoms with E-state index in [4.69, 9.17) is 18.9 Å². The van der Waals surface area contributed by atoms with Gasteiger partial charge in [-0.1, -0.05) is 0 Å². The van der Waals surface area contributed by atoms with Crippen molar-refractivity contribution in [3.63, 3.8) is 0 Å². The normalized spacial score (nSPS) is 10.8. The molecule has 0 aromatic heterocycles. The molecule has 0 unspecified atom stereocenters. The molecule has 0 atom stereocenters. The molecule has 32 heavy (non-hydrogen) atoms. The van der Waals surface area contributed by atoms with Crippen LogP contribution in [0.15, 0.2) is 46.6 Å². The number of nitrogens with zero attached hydrogens (tertiary/aromatic N) is 2. The van der Waals surface area contributed by atoms with E-state index in [0.717, 1.165) is 0 Å². The van der Waals surface area contributed by atoms with Gasteiger partial charge in [0.1, 0.15) is 0 Å². The first-order valence-corrected chi connectivity index (χ1v) is 9.58. The molecule has 0 spiro atoms. The fraction of sp³-hybridized carbons (Fsp3) is 0.273. The molecule has 2 aromatic carbocycles. The first-order chi connectivity index (χ1) is 15.5. The summed E-state index contributed by atoms with van der Waals surface area (Å²) in [4.78, 5) is 23.7. The lowest BCUT2D eigenvalue weighted by atomic mass is 10.2. The summed E-state index contributed by atoms with van der Waals surface area (Å²) in [5, 5.41) is 7.76. The number of methoxy groups -OCH3 is 4. The molecule has 0 heterocycles. The molecule has 170 valence electrons. The summed E-state index contributed by atoms with van der Waals surface area (Å²) in [5.74, 6) is 1.48. The summed E-state index contributed by atoms with van der Waals surface area (Å²) < 4.78 is 20.7. The van der Waals surface area contributed by atoms with E-state index in [1.54, 1.807) is 50.6 Å². The predicted octanol–water partition coefficient (Wildman–Crippen LogP) is 2.10. The van der Waals surface area contributed by atoms with Crippen molar-refractivity contribution in [1.29, 1.82) is 0 Å². The third-order valence-corrected chi connectivity index (χ3v) is 4.20. The minimum Gasteiger partial charge on any atom is -0.493 e. The molecule has 0 aliphatic carbocycles. The van der Waals surface area contributed by atoms with Crippen LogP contribution in [0.5, 0.6) is 23.0 Å². The topological polar surface area (TPSA) is 120 Å². The third kappa shape index (κ3) is 7.31. The molecule has 0 radical (unpaired) electrons. The Morgan fingerprint density at radius 3 is 1.41 bits per heavy atom. The SMILES string of the molecule is COc1ccc(C=NNC(=O)CCC(=O)NN=Cc2ccc(OC)c(OC)c2)cc1OC. The summed E-state index contributed by atoms with van der Waals surface area (Å²) in [6, 6.07) is 10.4. The minimum absolute atomic E-state index is 0.0407. The number of nitrogens with one attached hydrogen (secondary N) is 2. The number of hydrogen-bond acceptors (Lipinski definition) is 8. The number of amides is 2. The highest BCUT2D eigenvalue weighted by Gasteiger charge is 2.07. The van der Waals surface area contributed by atoms with Gasteiger partial charge >= 0.3 is 0 Å². The van der Waals surface area contributed by atoms with Gasteiger partial charge in [-0.3, -0.25) is 9.59 Å². The number of hydrazone groups is 2. The molecule has 0 bridgehead atoms. The Morgan fingerprint density at radius 1 is 0.688 bits per heavy atom. The van der Waals surface area contributed by atoms with Gasteiger partial charge in [-0.2, -0.15) is 10.2 Å². The van der Waals surface area contributed by atoms with Crippen molar-refractivity contribution in [3.8, 4) is 23.0 Å². The summed E-state index contributed by atoms with van der Waals surface area (Å²) in [7, 11) is 6.15. The number of carbonyl (C=O) groups excluding carboxylic acids is 2. The Morgan fingerprint density at radius 2 is 1.06 bits per heavy atom. The van der Waals surface area contributed by atoms with E-state index < -0.39 is 11.8 Å². The highest BCUT2D eigenvalue weighted by Crippen LogP contribution is 2.27. The van der Waals surface area contributed by atoms with Crippen LogP contribution >= 0.6 is 0 Å². The van der Waals surface area contributed by atoms with Crippen LogP contribution in [0.4, 0.5) is 0 Å². The lowest BCUT2D eigenvalue weighted by Crippen LogP contribution is -2.22. The van der Waals surface area contributed by atoms with Crippen LogP contribution in [0, 0.1) is 0 Å². The minimum atomic E-state index is -0.402. The lowest BCUT2D eigenvalue weighted by molar-refractivity contribution is -0.126. The molecule has 10 nitrogen and oxygen atoms in total. The first kappa shape index (κ1) is 24.2. The van der Waals surface area contributed by atoms with Gasteiger partial charge < -0.3 is 18.9 Å². The van der Waals surface area contributed by atoms with Crippen LogP contribution < -0.4 is 29.8 Å². The molecule has 0 saturated heterocycles. The highest BCUT2D eigenvalue weighted by molar-refractivity contribution is 5.87. The average Bonchev–Trinajstić information content (AvgIpc) is 2.82. The Hall–Kier alpha value is -4.08. The Labute approximate surface area is 186 Å². The summed E-state index contributed by atoms with van der Waals surface area (Å²) in [6.07, 6.45) is 2.85. The molecular formula is C22H26N4O6. The second kappa shape index (κ2) is 12.6. The van der Waals surface area contributed by atoms with Gasteiger partial charge in [0.25, 0.3) is 0 Å². The van der Waals surface area contributed by atoms with E-state index in [9.17, 15) is 9.59 Å². The Kier molecular flexibility index (Phi) is 9.51. The molecule has 0 fully saturated rings. The van der Waals surface area contributed by atoms with Crippen LogP contribution in [0.2, 0.25) is 0 Å². The van der Waals surface area contributed by atoms with Crippen molar-refractivity contribution in [3.05, 3.63) is 47.5 Å². The van der Waals surface area contributed by atoms with E-state index in [-0.39, 0.29) is 12.8 Å². The number of rotatable bonds is 11. The second-order valence-electron chi connectivity index (χ2n) is 6.32. The zero-order valence-corrected chi connectivity index (χ0v) is 18.4. The van der Waals surface area contributed by atoms with Crippen LogP contribution in [0.25, 0.3) is 0 Å². The van der Waals surface area contributed by atoms with E-state index in [1.165, 1.54) is 26.6 Å². The zero-order valence-electron chi connectivity index (χ0n) is 18.4. The summed E-state index contributed by atoms with van der Waals surface area (Å²) >= 11 is 0. The fourth-order valence-electron chi connectivity index (χ4n) is 2.56. The van der Waals surface area contributed by atoms with Gasteiger partial charge in [0.05, 0.1) is 40.9 Å². The van der Waals surface area contributed by atoms with Gasteiger partial charge in [0.15, 0.2) is 23.0 Å². The zero-order chi connectivity index (χ0) is 23.3.